The number of hydrogen-bond acceptors (Lipinski definition) is 8. The van der Waals surface area contributed by atoms with Gasteiger partial charge < -0.3 is 30.0 Å². The van der Waals surface area contributed by atoms with Gasteiger partial charge in [0.2, 0.25) is 17.7 Å². The number of nitrogens with one attached hydrogen (secondary N) is 1. The first kappa shape index (κ1) is 19.8. The van der Waals surface area contributed by atoms with Crippen molar-refractivity contribution in [3.8, 4) is 29.3 Å². The van der Waals surface area contributed by atoms with Crippen LogP contribution in [0.4, 0.5) is 0 Å². The van der Waals surface area contributed by atoms with E-state index in [9.17, 15) is 9.59 Å². The lowest BCUT2D eigenvalue weighted by molar-refractivity contribution is -0.119. The highest BCUT2D eigenvalue weighted by Gasteiger charge is 2.23. The molecule has 3 N–H and O–H groups in total. The van der Waals surface area contributed by atoms with Crippen LogP contribution in [-0.2, 0) is 4.79 Å². The van der Waals surface area contributed by atoms with Crippen molar-refractivity contribution in [2.75, 3.05) is 21.3 Å². The van der Waals surface area contributed by atoms with Crippen LogP contribution in [0.2, 0.25) is 0 Å². The zero-order valence-corrected chi connectivity index (χ0v) is 15.3. The average molecular weight is 376 g/mol. The number of carbonyl (C=O) groups is 2. The number of nitrogens with two attached hydrogens (primary N) is 1. The van der Waals surface area contributed by atoms with E-state index >= 15 is 0 Å². The van der Waals surface area contributed by atoms with Gasteiger partial charge in [-0.1, -0.05) is 6.07 Å². The summed E-state index contributed by atoms with van der Waals surface area (Å²) >= 11 is 0. The van der Waals surface area contributed by atoms with Crippen LogP contribution >= 0.6 is 0 Å². The van der Waals surface area contributed by atoms with Gasteiger partial charge in [0, 0.05) is 0 Å². The topological polar surface area (TPSA) is 135 Å². The molecule has 0 spiro atoms. The van der Waals surface area contributed by atoms with Crippen LogP contribution in [0.5, 0.6) is 29.3 Å². The molecule has 2 amide bonds. The molecular weight excluding hydrogens is 356 g/mol. The minimum atomic E-state index is -0.886. The fourth-order valence-corrected chi connectivity index (χ4v) is 2.07. The maximum atomic E-state index is 12.6. The largest absolute Gasteiger partial charge is 0.496 e. The minimum Gasteiger partial charge on any atom is -0.496 e. The second-order valence-electron chi connectivity index (χ2n) is 5.27. The Morgan fingerprint density at radius 1 is 1.04 bits per heavy atom. The van der Waals surface area contributed by atoms with Gasteiger partial charge in [0.1, 0.15) is 23.1 Å². The molecular formula is C17H20N4O6. The Balaban J connectivity index is 2.43. The second-order valence-corrected chi connectivity index (χ2v) is 5.27. The number of rotatable bonds is 8. The average Bonchev–Trinajstić information content (AvgIpc) is 2.66. The van der Waals surface area contributed by atoms with E-state index in [1.807, 2.05) is 0 Å². The molecule has 0 unspecified atom stereocenters. The smallest absolute Gasteiger partial charge is 0.328 e. The number of ether oxygens (including phenoxy) is 4. The summed E-state index contributed by atoms with van der Waals surface area (Å²) in [6, 6.07) is 5.21. The van der Waals surface area contributed by atoms with Crippen LogP contribution in [-0.4, -0.2) is 49.2 Å². The molecule has 0 radical (unpaired) electrons. The standard InChI is InChI=1S/C17H20N4O6/c1-9(15(18)22)19-16(23)14-10(24-2)6-5-7-11(14)27-17-20-12(25-3)8-13(21-17)26-4/h5-9H,1-4H3,(H2,18,22)(H,19,23)/t9-/m0/s1. The third-order valence-corrected chi connectivity index (χ3v) is 3.49. The van der Waals surface area contributed by atoms with Gasteiger partial charge in [-0.3, -0.25) is 9.59 Å². The van der Waals surface area contributed by atoms with E-state index in [1.54, 1.807) is 12.1 Å². The molecule has 0 saturated carbocycles. The van der Waals surface area contributed by atoms with E-state index in [4.69, 9.17) is 24.7 Å². The third-order valence-electron chi connectivity index (χ3n) is 3.49. The molecule has 10 heteroatoms. The SMILES string of the molecule is COc1cc(OC)nc(Oc2cccc(OC)c2C(=O)N[C@@H](C)C(N)=O)n1. The van der Waals surface area contributed by atoms with Crippen LogP contribution in [0.25, 0.3) is 0 Å². The monoisotopic (exact) mass is 376 g/mol. The summed E-state index contributed by atoms with van der Waals surface area (Å²) in [5.41, 5.74) is 5.25. The molecule has 0 fully saturated rings. The van der Waals surface area contributed by atoms with Crippen molar-refractivity contribution >= 4 is 11.8 Å². The molecule has 2 rings (SSSR count). The molecule has 1 aromatic carbocycles. The molecule has 0 aliphatic carbocycles. The maximum absolute atomic E-state index is 12.6. The number of benzene rings is 1. The molecule has 1 atom stereocenters. The molecule has 1 aromatic heterocycles. The van der Waals surface area contributed by atoms with Crippen molar-refractivity contribution < 1.29 is 28.5 Å². The second kappa shape index (κ2) is 8.70. The highest BCUT2D eigenvalue weighted by molar-refractivity contribution is 6.01. The van der Waals surface area contributed by atoms with Gasteiger partial charge in [0.25, 0.3) is 5.91 Å². The summed E-state index contributed by atoms with van der Waals surface area (Å²) in [7, 11) is 4.26. The van der Waals surface area contributed by atoms with Gasteiger partial charge in [-0.2, -0.15) is 9.97 Å². The zero-order valence-electron chi connectivity index (χ0n) is 15.3. The van der Waals surface area contributed by atoms with Gasteiger partial charge in [0.05, 0.1) is 27.4 Å². The highest BCUT2D eigenvalue weighted by atomic mass is 16.5. The predicted octanol–water partition coefficient (Wildman–Crippen LogP) is 0.898. The van der Waals surface area contributed by atoms with Crippen molar-refractivity contribution in [3.63, 3.8) is 0 Å². The van der Waals surface area contributed by atoms with Gasteiger partial charge in [0.15, 0.2) is 0 Å². The molecule has 0 aliphatic heterocycles. The lowest BCUT2D eigenvalue weighted by atomic mass is 10.1. The highest BCUT2D eigenvalue weighted by Crippen LogP contribution is 2.32. The summed E-state index contributed by atoms with van der Waals surface area (Å²) in [4.78, 5) is 32.0. The van der Waals surface area contributed by atoms with Crippen molar-refractivity contribution in [2.24, 2.45) is 5.73 Å². The van der Waals surface area contributed by atoms with Gasteiger partial charge in [-0.15, -0.1) is 0 Å². The molecule has 0 aliphatic rings. The third kappa shape index (κ3) is 4.75. The summed E-state index contributed by atoms with van der Waals surface area (Å²) in [6.07, 6.45) is 0. The zero-order chi connectivity index (χ0) is 20.0. The summed E-state index contributed by atoms with van der Waals surface area (Å²) in [6.45, 7) is 1.46. The lowest BCUT2D eigenvalue weighted by Crippen LogP contribution is -2.42. The number of amides is 2. The van der Waals surface area contributed by atoms with Crippen molar-refractivity contribution in [2.45, 2.75) is 13.0 Å². The fraction of sp³-hybridized carbons (Fsp3) is 0.294. The summed E-state index contributed by atoms with van der Waals surface area (Å²) in [5, 5.41) is 2.48. The van der Waals surface area contributed by atoms with E-state index in [0.717, 1.165) is 0 Å². The van der Waals surface area contributed by atoms with Gasteiger partial charge in [-0.25, -0.2) is 0 Å². The molecule has 27 heavy (non-hydrogen) atoms. The first-order chi connectivity index (χ1) is 12.9. The Bertz CT molecular complexity index is 820. The first-order valence-corrected chi connectivity index (χ1v) is 7.81. The summed E-state index contributed by atoms with van der Waals surface area (Å²) < 4.78 is 21.0. The van der Waals surface area contributed by atoms with Crippen LogP contribution in [0.15, 0.2) is 24.3 Å². The predicted molar refractivity (Wildman–Crippen MR) is 94.3 cm³/mol. The number of nitrogens with zero attached hydrogens (tertiary/aromatic N) is 2. The molecule has 0 bridgehead atoms. The van der Waals surface area contributed by atoms with Crippen LogP contribution in [0.1, 0.15) is 17.3 Å². The van der Waals surface area contributed by atoms with Crippen molar-refractivity contribution in [1.82, 2.24) is 15.3 Å². The number of primary amides is 1. The Labute approximate surface area is 155 Å². The fourth-order valence-electron chi connectivity index (χ4n) is 2.07. The van der Waals surface area contributed by atoms with E-state index in [1.165, 1.54) is 40.4 Å². The quantitative estimate of drug-likeness (QED) is 0.694. The van der Waals surface area contributed by atoms with E-state index in [2.05, 4.69) is 15.3 Å². The first-order valence-electron chi connectivity index (χ1n) is 7.81. The normalized spacial score (nSPS) is 11.3. The Morgan fingerprint density at radius 3 is 2.15 bits per heavy atom. The Morgan fingerprint density at radius 2 is 1.63 bits per heavy atom. The molecule has 1 heterocycles. The number of carbonyl (C=O) groups excluding carboxylic acids is 2. The van der Waals surface area contributed by atoms with Gasteiger partial charge >= 0.3 is 6.01 Å². The van der Waals surface area contributed by atoms with E-state index in [-0.39, 0.29) is 34.8 Å². The number of aromatic nitrogens is 2. The molecule has 10 nitrogen and oxygen atoms in total. The summed E-state index contributed by atoms with van der Waals surface area (Å²) in [5.74, 6) is -0.512. The van der Waals surface area contributed by atoms with Crippen LogP contribution < -0.4 is 30.0 Å². The van der Waals surface area contributed by atoms with Gasteiger partial charge in [-0.05, 0) is 19.1 Å². The van der Waals surface area contributed by atoms with Crippen molar-refractivity contribution in [3.05, 3.63) is 29.8 Å². The minimum absolute atomic E-state index is 0.0542. The number of methoxy groups -OCH3 is 3. The van der Waals surface area contributed by atoms with E-state index in [0.29, 0.717) is 0 Å². The van der Waals surface area contributed by atoms with Crippen LogP contribution in [0.3, 0.4) is 0 Å². The van der Waals surface area contributed by atoms with E-state index < -0.39 is 17.9 Å². The Hall–Kier alpha value is -3.56. The van der Waals surface area contributed by atoms with Crippen molar-refractivity contribution in [1.29, 1.82) is 0 Å². The maximum Gasteiger partial charge on any atom is 0.328 e. The lowest BCUT2D eigenvalue weighted by Gasteiger charge is -2.16. The molecule has 0 saturated heterocycles. The van der Waals surface area contributed by atoms with Crippen LogP contribution in [0, 0.1) is 0 Å². The molecule has 144 valence electrons. The Kier molecular flexibility index (Phi) is 6.36. The molecule has 2 aromatic rings. The number of hydrogen-bond donors (Lipinski definition) is 2.